The fourth-order valence-electron chi connectivity index (χ4n) is 5.99. The summed E-state index contributed by atoms with van der Waals surface area (Å²) in [6.45, 7) is 15.7. The van der Waals surface area contributed by atoms with E-state index in [4.69, 9.17) is 0 Å². The second-order valence-electron chi connectivity index (χ2n) is 10.4. The first-order valence-corrected chi connectivity index (χ1v) is 11.2. The number of hydrogen-bond acceptors (Lipinski definition) is 2. The van der Waals surface area contributed by atoms with Crippen LogP contribution in [0.2, 0.25) is 0 Å². The number of aliphatic hydroxyl groups is 2. The van der Waals surface area contributed by atoms with Crippen molar-refractivity contribution in [3.63, 3.8) is 0 Å². The van der Waals surface area contributed by atoms with Gasteiger partial charge in [-0.15, -0.1) is 0 Å². The predicted octanol–water partition coefficient (Wildman–Crippen LogP) is 5.54. The quantitative estimate of drug-likeness (QED) is 0.629. The van der Waals surface area contributed by atoms with Crippen LogP contribution in [0, 0.1) is 53.3 Å². The minimum atomic E-state index is -0.196. The van der Waals surface area contributed by atoms with Crippen LogP contribution in [0.25, 0.3) is 0 Å². The number of allylic oxidation sites excluding steroid dienone is 1. The highest BCUT2D eigenvalue weighted by Gasteiger charge is 2.45. The maximum absolute atomic E-state index is 11.0. The molecule has 2 fully saturated rings. The van der Waals surface area contributed by atoms with Crippen LogP contribution >= 0.6 is 0 Å². The summed E-state index contributed by atoms with van der Waals surface area (Å²) in [5.74, 6) is 4.52. The highest BCUT2D eigenvalue weighted by atomic mass is 16.3. The third-order valence-corrected chi connectivity index (χ3v) is 7.73. The smallest absolute Gasteiger partial charge is 0.0633 e. The molecule has 2 heteroatoms. The third kappa shape index (κ3) is 4.73. The van der Waals surface area contributed by atoms with Gasteiger partial charge in [0.2, 0.25) is 0 Å². The Kier molecular flexibility index (Phi) is 7.80. The van der Waals surface area contributed by atoms with Crippen molar-refractivity contribution in [2.24, 2.45) is 53.3 Å². The molecule has 2 nitrogen and oxygen atoms in total. The minimum Gasteiger partial charge on any atom is -0.393 e. The van der Waals surface area contributed by atoms with Crippen LogP contribution in [0.1, 0.15) is 74.1 Å². The van der Waals surface area contributed by atoms with E-state index in [0.717, 1.165) is 25.7 Å². The zero-order valence-corrected chi connectivity index (χ0v) is 18.2. The van der Waals surface area contributed by atoms with Gasteiger partial charge in [0.05, 0.1) is 12.2 Å². The van der Waals surface area contributed by atoms with Crippen molar-refractivity contribution < 1.29 is 10.2 Å². The topological polar surface area (TPSA) is 40.5 Å². The number of hydrogen-bond donors (Lipinski definition) is 2. The molecule has 0 aliphatic heterocycles. The summed E-state index contributed by atoms with van der Waals surface area (Å²) in [5, 5.41) is 21.8. The van der Waals surface area contributed by atoms with Crippen LogP contribution in [0.4, 0.5) is 0 Å². The monoisotopic (exact) mass is 364 g/mol. The van der Waals surface area contributed by atoms with Gasteiger partial charge in [0.15, 0.2) is 0 Å². The molecule has 0 bridgehead atoms. The van der Waals surface area contributed by atoms with Gasteiger partial charge < -0.3 is 10.2 Å². The van der Waals surface area contributed by atoms with E-state index in [-0.39, 0.29) is 12.2 Å². The van der Waals surface area contributed by atoms with Gasteiger partial charge in [0.1, 0.15) is 0 Å². The van der Waals surface area contributed by atoms with Crippen molar-refractivity contribution >= 4 is 0 Å². The largest absolute Gasteiger partial charge is 0.393 e. The molecular weight excluding hydrogens is 320 g/mol. The van der Waals surface area contributed by atoms with Gasteiger partial charge in [0.25, 0.3) is 0 Å². The second kappa shape index (κ2) is 9.24. The highest BCUT2D eigenvalue weighted by Crippen LogP contribution is 2.49. The molecule has 2 aliphatic rings. The van der Waals surface area contributed by atoms with E-state index in [1.165, 1.54) is 0 Å². The molecule has 0 saturated heterocycles. The molecule has 6 atom stereocenters. The zero-order chi connectivity index (χ0) is 19.6. The van der Waals surface area contributed by atoms with Gasteiger partial charge in [-0.3, -0.25) is 0 Å². The molecule has 0 aromatic rings. The Morgan fingerprint density at radius 3 is 1.42 bits per heavy atom. The lowest BCUT2D eigenvalue weighted by molar-refractivity contribution is -0.0731. The number of aliphatic hydroxyl groups excluding tert-OH is 2. The minimum absolute atomic E-state index is 0.146. The summed E-state index contributed by atoms with van der Waals surface area (Å²) in [5.41, 5.74) is 0. The Bertz CT molecular complexity index is 435. The van der Waals surface area contributed by atoms with Crippen molar-refractivity contribution in [2.75, 3.05) is 0 Å². The van der Waals surface area contributed by atoms with Crippen molar-refractivity contribution in [3.8, 4) is 0 Å². The van der Waals surface area contributed by atoms with Crippen LogP contribution in [0.5, 0.6) is 0 Å². The Hall–Kier alpha value is -0.340. The lowest BCUT2D eigenvalue weighted by Gasteiger charge is -2.49. The van der Waals surface area contributed by atoms with Crippen LogP contribution in [0.3, 0.4) is 0 Å². The van der Waals surface area contributed by atoms with Crippen molar-refractivity contribution in [1.82, 2.24) is 0 Å². The van der Waals surface area contributed by atoms with E-state index < -0.39 is 0 Å². The molecule has 0 heterocycles. The van der Waals surface area contributed by atoms with Crippen LogP contribution in [0.15, 0.2) is 12.2 Å². The lowest BCUT2D eigenvalue weighted by atomic mass is 9.58. The molecule has 26 heavy (non-hydrogen) atoms. The molecule has 2 rings (SSSR count). The first-order chi connectivity index (χ1) is 12.2. The molecule has 2 saturated carbocycles. The SMILES string of the molecule is C/C=C\C1CC(C2CC(C(C)C)C(O)C(C(C)C)C2)CC(C(C)C)C1O. The average molecular weight is 365 g/mol. The Morgan fingerprint density at radius 1 is 0.654 bits per heavy atom. The summed E-state index contributed by atoms with van der Waals surface area (Å²) in [4.78, 5) is 0. The fourth-order valence-corrected chi connectivity index (χ4v) is 5.99. The molecule has 0 amide bonds. The standard InChI is InChI=1S/C24H44O2/c1-8-9-17-10-18(11-20(14(2)3)23(17)25)19-12-21(15(4)5)24(26)22(13-19)16(6)7/h8-9,14-26H,10-13H2,1-7H3/b9-8-. The Morgan fingerprint density at radius 2 is 1.04 bits per heavy atom. The highest BCUT2D eigenvalue weighted by molar-refractivity contribution is 5.00. The molecular formula is C24H44O2. The molecule has 6 unspecified atom stereocenters. The van der Waals surface area contributed by atoms with E-state index in [0.29, 0.717) is 53.3 Å². The van der Waals surface area contributed by atoms with Gasteiger partial charge >= 0.3 is 0 Å². The molecule has 2 N–H and O–H groups in total. The summed E-state index contributed by atoms with van der Waals surface area (Å²) in [6.07, 6.45) is 8.61. The lowest BCUT2D eigenvalue weighted by Crippen LogP contribution is -2.46. The normalized spacial score (nSPS) is 42.3. The van der Waals surface area contributed by atoms with Crippen LogP contribution in [-0.2, 0) is 0 Å². The Balaban J connectivity index is 2.23. The van der Waals surface area contributed by atoms with Gasteiger partial charge in [-0.1, -0.05) is 53.7 Å². The average Bonchev–Trinajstić information content (AvgIpc) is 2.56. The van der Waals surface area contributed by atoms with Gasteiger partial charge in [-0.25, -0.2) is 0 Å². The predicted molar refractivity (Wildman–Crippen MR) is 111 cm³/mol. The summed E-state index contributed by atoms with van der Waals surface area (Å²) >= 11 is 0. The fraction of sp³-hybridized carbons (Fsp3) is 0.917. The van der Waals surface area contributed by atoms with Crippen LogP contribution in [-0.4, -0.2) is 22.4 Å². The van der Waals surface area contributed by atoms with E-state index in [1.54, 1.807) is 0 Å². The second-order valence-corrected chi connectivity index (χ2v) is 10.4. The van der Waals surface area contributed by atoms with Crippen molar-refractivity contribution in [2.45, 2.75) is 86.4 Å². The molecule has 0 radical (unpaired) electrons. The molecule has 0 spiro atoms. The molecule has 152 valence electrons. The first kappa shape index (κ1) is 22.0. The Labute approximate surface area is 162 Å². The van der Waals surface area contributed by atoms with E-state index in [9.17, 15) is 10.2 Å². The van der Waals surface area contributed by atoms with Crippen LogP contribution < -0.4 is 0 Å². The maximum Gasteiger partial charge on any atom is 0.0633 e. The van der Waals surface area contributed by atoms with Crippen molar-refractivity contribution in [1.29, 1.82) is 0 Å². The molecule has 0 aromatic heterocycles. The first-order valence-electron chi connectivity index (χ1n) is 11.2. The number of rotatable bonds is 5. The molecule has 2 aliphatic carbocycles. The van der Waals surface area contributed by atoms with Gasteiger partial charge in [-0.2, -0.15) is 0 Å². The van der Waals surface area contributed by atoms with Gasteiger partial charge in [-0.05, 0) is 80.0 Å². The van der Waals surface area contributed by atoms with Gasteiger partial charge in [0, 0.05) is 5.92 Å². The van der Waals surface area contributed by atoms with E-state index in [2.05, 4.69) is 60.6 Å². The van der Waals surface area contributed by atoms with E-state index >= 15 is 0 Å². The summed E-state index contributed by atoms with van der Waals surface area (Å²) in [6, 6.07) is 0. The zero-order valence-electron chi connectivity index (χ0n) is 18.2. The van der Waals surface area contributed by atoms with Crippen molar-refractivity contribution in [3.05, 3.63) is 12.2 Å². The summed E-state index contributed by atoms with van der Waals surface area (Å²) < 4.78 is 0. The molecule has 0 aromatic carbocycles. The summed E-state index contributed by atoms with van der Waals surface area (Å²) in [7, 11) is 0. The maximum atomic E-state index is 11.0. The third-order valence-electron chi connectivity index (χ3n) is 7.73. The van der Waals surface area contributed by atoms with E-state index in [1.807, 2.05) is 0 Å².